The summed E-state index contributed by atoms with van der Waals surface area (Å²) in [6.45, 7) is 8.34. The summed E-state index contributed by atoms with van der Waals surface area (Å²) in [5.74, 6) is 0. The molecule has 110 valence electrons. The third-order valence-electron chi connectivity index (χ3n) is 4.37. The van der Waals surface area contributed by atoms with Crippen molar-refractivity contribution in [1.82, 2.24) is 0 Å². The van der Waals surface area contributed by atoms with Crippen molar-refractivity contribution in [1.29, 1.82) is 0 Å². The third-order valence-corrected chi connectivity index (χ3v) is 10.9. The first-order chi connectivity index (χ1) is 8.94. The maximum absolute atomic E-state index is 6.12. The molecule has 0 aliphatic carbocycles. The van der Waals surface area contributed by atoms with Gasteiger partial charge in [-0.1, -0.05) is 0 Å². The summed E-state index contributed by atoms with van der Waals surface area (Å²) in [4.78, 5) is 7.26. The summed E-state index contributed by atoms with van der Waals surface area (Å²) in [5.41, 5.74) is 0.501. The van der Waals surface area contributed by atoms with Crippen LogP contribution in [-0.2, 0) is 9.31 Å². The van der Waals surface area contributed by atoms with Crippen molar-refractivity contribution in [3.63, 3.8) is 0 Å². The van der Waals surface area contributed by atoms with Gasteiger partial charge in [-0.05, 0) is 0 Å². The molecule has 0 radical (unpaired) electrons. The molecule has 2 nitrogen and oxygen atoms in total. The molecule has 1 fully saturated rings. The summed E-state index contributed by atoms with van der Waals surface area (Å²) >= 11 is 1.67. The van der Waals surface area contributed by atoms with Crippen molar-refractivity contribution in [3.05, 3.63) is 22.7 Å². The number of hydrogen-bond acceptors (Lipinski definition) is 2. The van der Waals surface area contributed by atoms with Crippen LogP contribution in [0.5, 0.6) is 0 Å². The van der Waals surface area contributed by atoms with Crippen molar-refractivity contribution < 1.29 is 9.31 Å². The van der Waals surface area contributed by atoms with Gasteiger partial charge in [-0.3, -0.25) is 0 Å². The average Bonchev–Trinajstić information content (AvgIpc) is 2.46. The van der Waals surface area contributed by atoms with E-state index in [1.165, 1.54) is 3.58 Å². The Bertz CT molecular complexity index is 507. The fraction of sp³-hybridized carbons (Fsp3) is 0.600. The van der Waals surface area contributed by atoms with E-state index in [4.69, 9.17) is 9.31 Å². The minimum absolute atomic E-state index is 0.293. The molecule has 0 N–H and O–H groups in total. The Labute approximate surface area is 135 Å². The molecule has 2 rings (SSSR count). The summed E-state index contributed by atoms with van der Waals surface area (Å²) in [6, 6.07) is 6.67. The summed E-state index contributed by atoms with van der Waals surface area (Å²) < 4.78 is 14.8. The Hall–Kier alpha value is 0.484. The van der Waals surface area contributed by atoms with Crippen molar-refractivity contribution in [2.24, 2.45) is 0 Å². The quantitative estimate of drug-likeness (QED) is 0.651. The van der Waals surface area contributed by atoms with Gasteiger partial charge < -0.3 is 0 Å². The van der Waals surface area contributed by atoms with Gasteiger partial charge in [0.25, 0.3) is 0 Å². The third kappa shape index (κ3) is 3.13. The van der Waals surface area contributed by atoms with E-state index in [2.05, 4.69) is 76.6 Å². The Morgan fingerprint density at radius 2 is 1.50 bits per heavy atom. The van der Waals surface area contributed by atoms with E-state index in [1.807, 2.05) is 0 Å². The molecular weight excluding hydrogens is 422 g/mol. The molecule has 20 heavy (non-hydrogen) atoms. The predicted octanol–water partition coefficient (Wildman–Crippen LogP) is 3.29. The van der Waals surface area contributed by atoms with Crippen LogP contribution < -0.4 is 9.04 Å². The van der Waals surface area contributed by atoms with Crippen LogP contribution >= 0.6 is 15.9 Å². The second-order valence-corrected chi connectivity index (χ2v) is 22.9. The van der Waals surface area contributed by atoms with Gasteiger partial charge in [-0.2, -0.15) is 0 Å². The zero-order chi connectivity index (χ0) is 15.3. The van der Waals surface area contributed by atoms with E-state index >= 15 is 0 Å². The van der Waals surface area contributed by atoms with E-state index in [0.29, 0.717) is 0 Å². The minimum atomic E-state index is -2.03. The number of benzene rings is 1. The number of halogens is 1. The molecule has 0 unspecified atom stereocenters. The molecule has 5 heteroatoms. The van der Waals surface area contributed by atoms with Crippen LogP contribution in [0.1, 0.15) is 27.7 Å². The SMILES string of the molecule is CC1(C)OB(c2cc[c]([Sn]([CH3])([CH3])[CH3])cc2Br)OC1(C)C. The van der Waals surface area contributed by atoms with Gasteiger partial charge in [0.1, 0.15) is 0 Å². The number of hydrogen-bond donors (Lipinski definition) is 0. The summed E-state index contributed by atoms with van der Waals surface area (Å²) in [6.07, 6.45) is 0. The van der Waals surface area contributed by atoms with Crippen molar-refractivity contribution in [2.45, 2.75) is 53.7 Å². The summed E-state index contributed by atoms with van der Waals surface area (Å²) in [5, 5.41) is 0. The molecule has 0 atom stereocenters. The molecule has 0 amide bonds. The van der Waals surface area contributed by atoms with Crippen LogP contribution in [0.3, 0.4) is 0 Å². The molecule has 0 bridgehead atoms. The Balaban J connectivity index is 2.33. The zero-order valence-electron chi connectivity index (χ0n) is 13.5. The summed E-state index contributed by atoms with van der Waals surface area (Å²) in [7, 11) is -0.293. The van der Waals surface area contributed by atoms with E-state index in [9.17, 15) is 0 Å². The normalized spacial score (nSPS) is 21.3. The molecule has 1 aromatic rings. The van der Waals surface area contributed by atoms with Crippen LogP contribution in [0.15, 0.2) is 22.7 Å². The topological polar surface area (TPSA) is 18.5 Å². The van der Waals surface area contributed by atoms with Crippen molar-refractivity contribution in [3.8, 4) is 0 Å². The maximum atomic E-state index is 6.12. The standard InChI is InChI=1S/C12H15BBrO2.3CH3.Sn/c1-11(2)12(3,4)16-13(15-11)9-7-5-6-8-10(9)14;;;;/h5,7-8H,1-4H3;3*1H3;. The molecule has 1 aliphatic heterocycles. The van der Waals surface area contributed by atoms with E-state index < -0.39 is 18.4 Å². The van der Waals surface area contributed by atoms with Crippen LogP contribution in [0.4, 0.5) is 0 Å². The molecule has 1 aliphatic rings. The van der Waals surface area contributed by atoms with Gasteiger partial charge in [-0.15, -0.1) is 0 Å². The van der Waals surface area contributed by atoms with Crippen LogP contribution in [0, 0.1) is 0 Å². The predicted molar refractivity (Wildman–Crippen MR) is 92.8 cm³/mol. The molecular formula is C15H24BBrO2Sn. The van der Waals surface area contributed by atoms with Gasteiger partial charge in [0.05, 0.1) is 0 Å². The Morgan fingerprint density at radius 3 is 1.90 bits per heavy atom. The molecule has 0 saturated carbocycles. The number of rotatable bonds is 2. The van der Waals surface area contributed by atoms with Crippen LogP contribution in [0.2, 0.25) is 14.8 Å². The first kappa shape index (κ1) is 16.8. The molecule has 1 saturated heterocycles. The van der Waals surface area contributed by atoms with Crippen molar-refractivity contribution >= 4 is 50.5 Å². The van der Waals surface area contributed by atoms with Gasteiger partial charge in [-0.25, -0.2) is 0 Å². The molecule has 1 heterocycles. The molecule has 0 aromatic heterocycles. The van der Waals surface area contributed by atoms with Gasteiger partial charge in [0.2, 0.25) is 0 Å². The fourth-order valence-electron chi connectivity index (χ4n) is 2.15. The van der Waals surface area contributed by atoms with Gasteiger partial charge >= 0.3 is 136 Å². The van der Waals surface area contributed by atoms with Crippen LogP contribution in [-0.4, -0.2) is 36.7 Å². The first-order valence-corrected chi connectivity index (χ1v) is 17.9. The van der Waals surface area contributed by atoms with E-state index in [1.54, 1.807) is 0 Å². The molecule has 0 spiro atoms. The van der Waals surface area contributed by atoms with Gasteiger partial charge in [0.15, 0.2) is 0 Å². The van der Waals surface area contributed by atoms with E-state index in [-0.39, 0.29) is 18.3 Å². The zero-order valence-corrected chi connectivity index (χ0v) is 17.9. The fourth-order valence-corrected chi connectivity index (χ4v) is 6.64. The first-order valence-electron chi connectivity index (χ1n) is 7.10. The van der Waals surface area contributed by atoms with E-state index in [0.717, 1.165) is 9.94 Å². The second-order valence-electron chi connectivity index (χ2n) is 7.57. The Kier molecular flexibility index (Phi) is 4.45. The Morgan fingerprint density at radius 1 is 1.00 bits per heavy atom. The molecule has 1 aromatic carbocycles. The monoisotopic (exact) mass is 446 g/mol. The average molecular weight is 446 g/mol. The van der Waals surface area contributed by atoms with Gasteiger partial charge in [0, 0.05) is 0 Å². The van der Waals surface area contributed by atoms with Crippen molar-refractivity contribution in [2.75, 3.05) is 0 Å². The van der Waals surface area contributed by atoms with Crippen LogP contribution in [0.25, 0.3) is 0 Å². The second kappa shape index (κ2) is 5.29.